The molecule has 2 N–H and O–H groups in total. The number of hydrogen-bond donors (Lipinski definition) is 1. The monoisotopic (exact) mass is 321 g/mol. The first-order valence-corrected chi connectivity index (χ1v) is 7.28. The molecule has 0 spiro atoms. The van der Waals surface area contributed by atoms with Gasteiger partial charge < -0.3 is 5.73 Å². The van der Waals surface area contributed by atoms with Gasteiger partial charge in [-0.1, -0.05) is 12.1 Å². The van der Waals surface area contributed by atoms with E-state index < -0.39 is 14.9 Å². The van der Waals surface area contributed by atoms with E-state index in [4.69, 9.17) is 5.73 Å². The molecule has 9 heteroatoms. The van der Waals surface area contributed by atoms with Crippen molar-refractivity contribution in [3.63, 3.8) is 0 Å². The Morgan fingerprint density at radius 3 is 2.60 bits per heavy atom. The number of rotatable bonds is 3. The third kappa shape index (κ3) is 2.93. The minimum Gasteiger partial charge on any atom is -0.326 e. The first-order valence-electron chi connectivity index (χ1n) is 5.84. The van der Waals surface area contributed by atoms with E-state index in [1.54, 1.807) is 13.0 Å². The first-order chi connectivity index (χ1) is 8.84. The number of halogens is 1. The number of sulfonamides is 1. The average Bonchev–Trinajstić information content (AvgIpc) is 2.75. The molecule has 0 saturated carbocycles. The molecule has 1 aliphatic rings. The second-order valence-corrected chi connectivity index (χ2v) is 6.47. The van der Waals surface area contributed by atoms with Crippen LogP contribution in [0.25, 0.3) is 0 Å². The van der Waals surface area contributed by atoms with Crippen molar-refractivity contribution in [2.24, 2.45) is 5.73 Å². The van der Waals surface area contributed by atoms with Gasteiger partial charge in [0.25, 0.3) is 5.69 Å². The van der Waals surface area contributed by atoms with Crippen LogP contribution in [0, 0.1) is 17.0 Å². The summed E-state index contributed by atoms with van der Waals surface area (Å²) in [7, 11) is -3.87. The zero-order valence-corrected chi connectivity index (χ0v) is 12.5. The molecule has 1 aromatic rings. The minimum atomic E-state index is -3.87. The van der Waals surface area contributed by atoms with Gasteiger partial charge in [0.1, 0.15) is 0 Å². The molecule has 0 amide bonds. The summed E-state index contributed by atoms with van der Waals surface area (Å²) in [5.74, 6) is 0. The van der Waals surface area contributed by atoms with E-state index in [1.165, 1.54) is 16.4 Å². The summed E-state index contributed by atoms with van der Waals surface area (Å²) in [6, 6.07) is 4.02. The lowest BCUT2D eigenvalue weighted by Gasteiger charge is -2.17. The molecule has 1 fully saturated rings. The van der Waals surface area contributed by atoms with Crippen molar-refractivity contribution in [2.45, 2.75) is 24.3 Å². The summed E-state index contributed by atoms with van der Waals surface area (Å²) in [6.07, 6.45) is 0.568. The van der Waals surface area contributed by atoms with Gasteiger partial charge in [-0.25, -0.2) is 8.42 Å². The van der Waals surface area contributed by atoms with Crippen LogP contribution in [0.1, 0.15) is 12.0 Å². The summed E-state index contributed by atoms with van der Waals surface area (Å²) in [5, 5.41) is 11.0. The molecule has 2 rings (SSSR count). The quantitative estimate of drug-likeness (QED) is 0.661. The molecular weight excluding hydrogens is 306 g/mol. The molecule has 0 bridgehead atoms. The molecule has 0 radical (unpaired) electrons. The number of aryl methyl sites for hydroxylation is 1. The van der Waals surface area contributed by atoms with Crippen molar-refractivity contribution in [3.8, 4) is 0 Å². The van der Waals surface area contributed by atoms with Gasteiger partial charge in [0.15, 0.2) is 4.90 Å². The highest BCUT2D eigenvalue weighted by atomic mass is 35.5. The largest absolute Gasteiger partial charge is 0.326 e. The normalized spacial score (nSPS) is 19.6. The number of nitrogens with zero attached hydrogens (tertiary/aromatic N) is 2. The van der Waals surface area contributed by atoms with Crippen molar-refractivity contribution in [1.29, 1.82) is 0 Å². The smallest absolute Gasteiger partial charge is 0.289 e. The molecule has 20 heavy (non-hydrogen) atoms. The number of nitro benzene ring substituents is 1. The van der Waals surface area contributed by atoms with Crippen LogP contribution < -0.4 is 5.73 Å². The van der Waals surface area contributed by atoms with Crippen molar-refractivity contribution < 1.29 is 13.3 Å². The third-order valence-electron chi connectivity index (χ3n) is 3.17. The summed E-state index contributed by atoms with van der Waals surface area (Å²) in [5.41, 5.74) is 5.68. The van der Waals surface area contributed by atoms with Crippen LogP contribution in [-0.2, 0) is 10.0 Å². The maximum Gasteiger partial charge on any atom is 0.289 e. The Kier molecular flexibility index (Phi) is 5.09. The molecule has 1 aromatic carbocycles. The first kappa shape index (κ1) is 16.8. The second-order valence-electron chi connectivity index (χ2n) is 4.59. The maximum atomic E-state index is 12.5. The van der Waals surface area contributed by atoms with Crippen molar-refractivity contribution >= 4 is 28.1 Å². The highest BCUT2D eigenvalue weighted by Crippen LogP contribution is 2.31. The van der Waals surface area contributed by atoms with Gasteiger partial charge in [-0.3, -0.25) is 10.1 Å². The van der Waals surface area contributed by atoms with Crippen molar-refractivity contribution in [3.05, 3.63) is 33.9 Å². The molecule has 0 aliphatic carbocycles. The predicted octanol–water partition coefficient (Wildman–Crippen LogP) is 1.05. The van der Waals surface area contributed by atoms with Crippen LogP contribution in [0.4, 0.5) is 5.69 Å². The van der Waals surface area contributed by atoms with Crippen LogP contribution >= 0.6 is 12.4 Å². The maximum absolute atomic E-state index is 12.5. The van der Waals surface area contributed by atoms with E-state index in [1.807, 2.05) is 0 Å². The van der Waals surface area contributed by atoms with E-state index in [9.17, 15) is 18.5 Å². The fraction of sp³-hybridized carbons (Fsp3) is 0.455. The Morgan fingerprint density at radius 1 is 1.45 bits per heavy atom. The van der Waals surface area contributed by atoms with Gasteiger partial charge in [0.05, 0.1) is 4.92 Å². The van der Waals surface area contributed by atoms with Gasteiger partial charge in [0.2, 0.25) is 10.0 Å². The number of nitrogens with two attached hydrogens (primary N) is 1. The van der Waals surface area contributed by atoms with Crippen LogP contribution in [0.2, 0.25) is 0 Å². The molecule has 1 heterocycles. The zero-order chi connectivity index (χ0) is 14.2. The summed E-state index contributed by atoms with van der Waals surface area (Å²) in [6.45, 7) is 2.05. The van der Waals surface area contributed by atoms with Gasteiger partial charge in [-0.05, 0) is 18.9 Å². The van der Waals surface area contributed by atoms with Crippen LogP contribution in [0.5, 0.6) is 0 Å². The Hall–Kier alpha value is -1.22. The molecular formula is C11H16ClN3O4S. The van der Waals surface area contributed by atoms with Gasteiger partial charge >= 0.3 is 0 Å². The van der Waals surface area contributed by atoms with E-state index in [0.29, 0.717) is 18.5 Å². The SMILES string of the molecule is Cc1cccc([N+](=O)[O-])c1S(=O)(=O)N1CC[C@H](N)C1.Cl. The molecule has 1 saturated heterocycles. The Morgan fingerprint density at radius 2 is 2.10 bits per heavy atom. The second kappa shape index (κ2) is 6.04. The standard InChI is InChI=1S/C11H15N3O4S.ClH/c1-8-3-2-4-10(14(15)16)11(8)19(17,18)13-6-5-9(12)7-13;/h2-4,9H,5-7,12H2,1H3;1H/t9-;/m0./s1. The van der Waals surface area contributed by atoms with E-state index in [-0.39, 0.29) is 35.6 Å². The van der Waals surface area contributed by atoms with Crippen molar-refractivity contribution in [2.75, 3.05) is 13.1 Å². The van der Waals surface area contributed by atoms with Crippen molar-refractivity contribution in [1.82, 2.24) is 4.31 Å². The van der Waals surface area contributed by atoms with Crippen LogP contribution in [0.15, 0.2) is 23.1 Å². The Bertz CT molecular complexity index is 620. The van der Waals surface area contributed by atoms with Crippen LogP contribution in [0.3, 0.4) is 0 Å². The molecule has 7 nitrogen and oxygen atoms in total. The lowest BCUT2D eigenvalue weighted by atomic mass is 10.2. The molecule has 0 unspecified atom stereocenters. The average molecular weight is 322 g/mol. The molecule has 112 valence electrons. The molecule has 1 atom stereocenters. The van der Waals surface area contributed by atoms with Gasteiger partial charge in [0, 0.05) is 25.2 Å². The Labute approximate surface area is 123 Å². The topological polar surface area (TPSA) is 107 Å². The molecule has 0 aromatic heterocycles. The predicted molar refractivity (Wildman–Crippen MR) is 76.4 cm³/mol. The summed E-state index contributed by atoms with van der Waals surface area (Å²) >= 11 is 0. The van der Waals surface area contributed by atoms with E-state index in [0.717, 1.165) is 0 Å². The highest BCUT2D eigenvalue weighted by Gasteiger charge is 2.36. The summed E-state index contributed by atoms with van der Waals surface area (Å²) in [4.78, 5) is 10.1. The zero-order valence-electron chi connectivity index (χ0n) is 10.9. The fourth-order valence-corrected chi connectivity index (χ4v) is 4.09. The fourth-order valence-electron chi connectivity index (χ4n) is 2.22. The number of nitro groups is 1. The Balaban J connectivity index is 0.00000200. The minimum absolute atomic E-state index is 0. The van der Waals surface area contributed by atoms with Gasteiger partial charge in [-0.15, -0.1) is 12.4 Å². The lowest BCUT2D eigenvalue weighted by molar-refractivity contribution is -0.387. The van der Waals surface area contributed by atoms with Crippen LogP contribution in [-0.4, -0.2) is 36.8 Å². The molecule has 1 aliphatic heterocycles. The number of hydrogen-bond acceptors (Lipinski definition) is 5. The highest BCUT2D eigenvalue weighted by molar-refractivity contribution is 7.89. The third-order valence-corrected chi connectivity index (χ3v) is 5.23. The van der Waals surface area contributed by atoms with Gasteiger partial charge in [-0.2, -0.15) is 4.31 Å². The summed E-state index contributed by atoms with van der Waals surface area (Å²) < 4.78 is 26.2. The number of benzene rings is 1. The van der Waals surface area contributed by atoms with E-state index in [2.05, 4.69) is 0 Å². The van der Waals surface area contributed by atoms with E-state index >= 15 is 0 Å². The lowest BCUT2D eigenvalue weighted by Crippen LogP contribution is -2.32.